The summed E-state index contributed by atoms with van der Waals surface area (Å²) < 4.78 is 1.59. The molecule has 0 aliphatic carbocycles. The molecule has 1 amide bonds. The molecule has 0 spiro atoms. The van der Waals surface area contributed by atoms with Gasteiger partial charge in [-0.25, -0.2) is 4.98 Å². The molecule has 3 aromatic rings. The molecule has 0 aliphatic rings. The van der Waals surface area contributed by atoms with E-state index in [2.05, 4.69) is 32.5 Å². The molecule has 0 fully saturated rings. The van der Waals surface area contributed by atoms with E-state index in [9.17, 15) is 4.79 Å². The maximum atomic E-state index is 12.5. The zero-order valence-corrected chi connectivity index (χ0v) is 15.4. The first-order chi connectivity index (χ1) is 12.4. The van der Waals surface area contributed by atoms with Crippen LogP contribution in [0.5, 0.6) is 0 Å². The zero-order valence-electron chi connectivity index (χ0n) is 15.4. The third-order valence-electron chi connectivity index (χ3n) is 4.52. The van der Waals surface area contributed by atoms with E-state index in [0.29, 0.717) is 5.78 Å². The van der Waals surface area contributed by atoms with Gasteiger partial charge in [-0.05, 0) is 39.2 Å². The normalized spacial score (nSPS) is 12.3. The van der Waals surface area contributed by atoms with Crippen LogP contribution in [0.2, 0.25) is 0 Å². The van der Waals surface area contributed by atoms with Crippen LogP contribution in [0.3, 0.4) is 0 Å². The third-order valence-corrected chi connectivity index (χ3v) is 4.52. The summed E-state index contributed by atoms with van der Waals surface area (Å²) in [5.41, 5.74) is 9.39. The van der Waals surface area contributed by atoms with Gasteiger partial charge in [0.15, 0.2) is 0 Å². The molecule has 2 heterocycles. The largest absolute Gasteiger partial charge is 0.366 e. The van der Waals surface area contributed by atoms with Crippen molar-refractivity contribution in [1.82, 2.24) is 24.9 Å². The highest BCUT2D eigenvalue weighted by molar-refractivity contribution is 5.79. The number of carbonyl (C=O) groups is 1. The molecule has 0 saturated heterocycles. The van der Waals surface area contributed by atoms with Crippen molar-refractivity contribution < 1.29 is 4.79 Å². The molecule has 2 aromatic heterocycles. The number of hydrogen-bond donors (Lipinski definition) is 2. The average molecular weight is 352 g/mol. The Morgan fingerprint density at radius 2 is 1.96 bits per heavy atom. The number of rotatable bonds is 6. The summed E-state index contributed by atoms with van der Waals surface area (Å²) in [6, 6.07) is 10.4. The SMILES string of the molecule is Cc1nc2nc(N)nn2c(C)c1CC(=O)NC(C)CCc1ccccc1. The number of aryl methyl sites for hydroxylation is 3. The number of aromatic nitrogens is 4. The maximum Gasteiger partial charge on any atom is 0.254 e. The molecular weight excluding hydrogens is 328 g/mol. The number of nitrogens with zero attached hydrogens (tertiary/aromatic N) is 4. The van der Waals surface area contributed by atoms with Crippen molar-refractivity contribution in [3.8, 4) is 0 Å². The van der Waals surface area contributed by atoms with Crippen LogP contribution in [0.15, 0.2) is 30.3 Å². The van der Waals surface area contributed by atoms with Gasteiger partial charge in [0.05, 0.1) is 6.42 Å². The van der Waals surface area contributed by atoms with Crippen LogP contribution in [0.25, 0.3) is 5.78 Å². The minimum atomic E-state index is -0.0222. The van der Waals surface area contributed by atoms with Crippen LogP contribution < -0.4 is 11.1 Å². The number of fused-ring (bicyclic) bond motifs is 1. The Hall–Kier alpha value is -2.96. The lowest BCUT2D eigenvalue weighted by Crippen LogP contribution is -2.34. The topological polar surface area (TPSA) is 98.2 Å². The fraction of sp³-hybridized carbons (Fsp3) is 0.368. The van der Waals surface area contributed by atoms with Crippen LogP contribution in [0, 0.1) is 13.8 Å². The second-order valence-electron chi connectivity index (χ2n) is 6.61. The number of hydrogen-bond acceptors (Lipinski definition) is 5. The van der Waals surface area contributed by atoms with Crippen molar-refractivity contribution in [1.29, 1.82) is 0 Å². The lowest BCUT2D eigenvalue weighted by atomic mass is 10.1. The van der Waals surface area contributed by atoms with E-state index in [1.807, 2.05) is 39.0 Å². The first-order valence-electron chi connectivity index (χ1n) is 8.75. The van der Waals surface area contributed by atoms with Gasteiger partial charge in [-0.15, -0.1) is 5.10 Å². The summed E-state index contributed by atoms with van der Waals surface area (Å²) in [5.74, 6) is 0.611. The van der Waals surface area contributed by atoms with Crippen LogP contribution in [0.1, 0.15) is 35.9 Å². The van der Waals surface area contributed by atoms with E-state index in [4.69, 9.17) is 5.73 Å². The number of carbonyl (C=O) groups excluding carboxylic acids is 1. The number of nitrogens with one attached hydrogen (secondary N) is 1. The molecule has 7 heteroatoms. The molecule has 136 valence electrons. The lowest BCUT2D eigenvalue weighted by Gasteiger charge is -2.15. The van der Waals surface area contributed by atoms with Gasteiger partial charge in [0, 0.05) is 23.0 Å². The fourth-order valence-corrected chi connectivity index (χ4v) is 3.07. The van der Waals surface area contributed by atoms with Crippen molar-refractivity contribution in [2.45, 2.75) is 46.1 Å². The molecule has 0 saturated carbocycles. The van der Waals surface area contributed by atoms with Gasteiger partial charge >= 0.3 is 0 Å². The standard InChI is InChI=1S/C19H24N6O/c1-12(9-10-15-7-5-4-6-8-15)21-17(26)11-16-13(2)22-19-23-18(20)24-25(19)14(16)3/h4-8,12H,9-11H2,1-3H3,(H2,20,24)(H,21,26). The Balaban J connectivity index is 1.63. The summed E-state index contributed by atoms with van der Waals surface area (Å²) in [7, 11) is 0. The van der Waals surface area contributed by atoms with Crippen LogP contribution in [0.4, 0.5) is 5.95 Å². The van der Waals surface area contributed by atoms with Crippen molar-refractivity contribution in [2.75, 3.05) is 5.73 Å². The highest BCUT2D eigenvalue weighted by Crippen LogP contribution is 2.15. The smallest absolute Gasteiger partial charge is 0.254 e. The molecule has 3 rings (SSSR count). The van der Waals surface area contributed by atoms with Gasteiger partial charge in [0.1, 0.15) is 0 Å². The predicted octanol–water partition coefficient (Wildman–Crippen LogP) is 2.00. The molecule has 1 atom stereocenters. The highest BCUT2D eigenvalue weighted by atomic mass is 16.1. The summed E-state index contributed by atoms with van der Waals surface area (Å²) in [6.45, 7) is 5.80. The van der Waals surface area contributed by atoms with Crippen LogP contribution in [-0.4, -0.2) is 31.5 Å². The Kier molecular flexibility index (Phi) is 5.16. The minimum Gasteiger partial charge on any atom is -0.366 e. The Morgan fingerprint density at radius 3 is 2.69 bits per heavy atom. The first-order valence-corrected chi connectivity index (χ1v) is 8.75. The molecule has 7 nitrogen and oxygen atoms in total. The predicted molar refractivity (Wildman–Crippen MR) is 101 cm³/mol. The monoisotopic (exact) mass is 352 g/mol. The minimum absolute atomic E-state index is 0.0222. The van der Waals surface area contributed by atoms with Gasteiger partial charge in [-0.2, -0.15) is 9.50 Å². The van der Waals surface area contributed by atoms with E-state index in [1.165, 1.54) is 5.56 Å². The van der Waals surface area contributed by atoms with Gasteiger partial charge in [-0.1, -0.05) is 30.3 Å². The molecule has 0 aliphatic heterocycles. The van der Waals surface area contributed by atoms with Gasteiger partial charge < -0.3 is 11.1 Å². The number of nitrogen functional groups attached to an aromatic ring is 1. The number of anilines is 1. The molecule has 1 unspecified atom stereocenters. The quantitative estimate of drug-likeness (QED) is 0.707. The second kappa shape index (κ2) is 7.51. The summed E-state index contributed by atoms with van der Waals surface area (Å²) >= 11 is 0. The number of amides is 1. The molecule has 26 heavy (non-hydrogen) atoms. The molecule has 1 aromatic carbocycles. The average Bonchev–Trinajstić information content (AvgIpc) is 2.98. The summed E-state index contributed by atoms with van der Waals surface area (Å²) in [5, 5.41) is 7.20. The van der Waals surface area contributed by atoms with Crippen molar-refractivity contribution in [3.05, 3.63) is 52.8 Å². The van der Waals surface area contributed by atoms with Gasteiger partial charge in [-0.3, -0.25) is 4.79 Å². The molecule has 0 bridgehead atoms. The van der Waals surface area contributed by atoms with Crippen molar-refractivity contribution in [3.63, 3.8) is 0 Å². The number of nitrogens with two attached hydrogens (primary N) is 1. The Morgan fingerprint density at radius 1 is 1.23 bits per heavy atom. The van der Waals surface area contributed by atoms with Gasteiger partial charge in [0.2, 0.25) is 11.9 Å². The lowest BCUT2D eigenvalue weighted by molar-refractivity contribution is -0.121. The zero-order chi connectivity index (χ0) is 18.7. The highest BCUT2D eigenvalue weighted by Gasteiger charge is 2.16. The third kappa shape index (κ3) is 3.99. The Labute approximate surface area is 152 Å². The van der Waals surface area contributed by atoms with Crippen LogP contribution in [-0.2, 0) is 17.6 Å². The van der Waals surface area contributed by atoms with E-state index < -0.39 is 0 Å². The maximum absolute atomic E-state index is 12.5. The molecule has 3 N–H and O–H groups in total. The summed E-state index contributed by atoms with van der Waals surface area (Å²) in [6.07, 6.45) is 2.09. The van der Waals surface area contributed by atoms with E-state index in [-0.39, 0.29) is 24.3 Å². The molecular formula is C19H24N6O. The van der Waals surface area contributed by atoms with Crippen LogP contribution >= 0.6 is 0 Å². The van der Waals surface area contributed by atoms with E-state index >= 15 is 0 Å². The first kappa shape index (κ1) is 17.8. The van der Waals surface area contributed by atoms with E-state index in [0.717, 1.165) is 29.8 Å². The van der Waals surface area contributed by atoms with Crippen molar-refractivity contribution in [2.24, 2.45) is 0 Å². The van der Waals surface area contributed by atoms with E-state index in [1.54, 1.807) is 4.52 Å². The Bertz CT molecular complexity index is 919. The summed E-state index contributed by atoms with van der Waals surface area (Å²) in [4.78, 5) is 20.9. The number of benzene rings is 1. The fourth-order valence-electron chi connectivity index (χ4n) is 3.07. The molecule has 0 radical (unpaired) electrons. The van der Waals surface area contributed by atoms with Crippen molar-refractivity contribution >= 4 is 17.6 Å². The second-order valence-corrected chi connectivity index (χ2v) is 6.61. The van der Waals surface area contributed by atoms with Gasteiger partial charge in [0.25, 0.3) is 5.78 Å².